The van der Waals surface area contributed by atoms with Gasteiger partial charge in [0.05, 0.1) is 6.04 Å². The van der Waals surface area contributed by atoms with Crippen LogP contribution in [0.25, 0.3) is 0 Å². The van der Waals surface area contributed by atoms with E-state index in [1.165, 1.54) is 26.4 Å². The Kier molecular flexibility index (Phi) is 5.46. The summed E-state index contributed by atoms with van der Waals surface area (Å²) in [5.41, 5.74) is 7.28. The molecule has 0 saturated heterocycles. The van der Waals surface area contributed by atoms with E-state index in [1.54, 1.807) is 0 Å². The van der Waals surface area contributed by atoms with E-state index < -0.39 is 0 Å². The van der Waals surface area contributed by atoms with E-state index in [0.29, 0.717) is 0 Å². The molecule has 150 valence electrons. The van der Waals surface area contributed by atoms with Gasteiger partial charge < -0.3 is 10.2 Å². The van der Waals surface area contributed by atoms with Gasteiger partial charge in [-0.3, -0.25) is 0 Å². The van der Waals surface area contributed by atoms with Gasteiger partial charge in [-0.2, -0.15) is 0 Å². The maximum Gasteiger partial charge on any atom is 0.322 e. The molecule has 1 N–H and O–H groups in total. The first-order valence-electron chi connectivity index (χ1n) is 10.3. The SMILES string of the molecule is CCc1c(C)sc2c1CCN(C(=O)Nc1cc(C)cc(C)c1)[C@H]2c1ccccc1. The molecule has 3 nitrogen and oxygen atoms in total. The van der Waals surface area contributed by atoms with Crippen molar-refractivity contribution in [2.45, 2.75) is 46.6 Å². The zero-order valence-corrected chi connectivity index (χ0v) is 18.4. The first-order valence-corrected chi connectivity index (χ1v) is 11.1. The van der Waals surface area contributed by atoms with Gasteiger partial charge in [0.15, 0.2) is 0 Å². The Morgan fingerprint density at radius 3 is 2.45 bits per heavy atom. The number of carbonyl (C=O) groups excluding carboxylic acids is 1. The molecule has 0 bridgehead atoms. The Balaban J connectivity index is 1.72. The summed E-state index contributed by atoms with van der Waals surface area (Å²) in [6.07, 6.45) is 1.97. The zero-order valence-electron chi connectivity index (χ0n) is 17.6. The third-order valence-electron chi connectivity index (χ3n) is 5.72. The van der Waals surface area contributed by atoms with Crippen molar-refractivity contribution in [2.75, 3.05) is 11.9 Å². The van der Waals surface area contributed by atoms with E-state index >= 15 is 0 Å². The van der Waals surface area contributed by atoms with Crippen molar-refractivity contribution in [2.24, 2.45) is 0 Å². The van der Waals surface area contributed by atoms with Crippen LogP contribution in [0.1, 0.15) is 50.5 Å². The van der Waals surface area contributed by atoms with Gasteiger partial charge in [-0.1, -0.05) is 43.3 Å². The second-order valence-electron chi connectivity index (χ2n) is 7.90. The number of carbonyl (C=O) groups is 1. The number of nitrogens with one attached hydrogen (secondary N) is 1. The third-order valence-corrected chi connectivity index (χ3v) is 6.96. The van der Waals surface area contributed by atoms with Crippen molar-refractivity contribution < 1.29 is 4.79 Å². The van der Waals surface area contributed by atoms with Crippen LogP contribution in [0, 0.1) is 20.8 Å². The fourth-order valence-corrected chi connectivity index (χ4v) is 5.98. The average Bonchev–Trinajstić information content (AvgIpc) is 3.01. The number of thiophene rings is 1. The molecule has 2 heterocycles. The van der Waals surface area contributed by atoms with Crippen LogP contribution in [-0.4, -0.2) is 17.5 Å². The monoisotopic (exact) mass is 404 g/mol. The van der Waals surface area contributed by atoms with E-state index in [2.05, 4.69) is 63.3 Å². The standard InChI is InChI=1S/C25H28N2OS/c1-5-21-18(4)29-24-22(21)11-12-27(23(24)19-9-7-6-8-10-19)25(28)26-20-14-16(2)13-17(3)15-20/h6-10,13-15,23H,5,11-12H2,1-4H3,(H,26,28)/t23-/m0/s1. The fourth-order valence-electron chi connectivity index (χ4n) is 4.54. The topological polar surface area (TPSA) is 32.3 Å². The molecule has 0 spiro atoms. The number of amides is 2. The number of hydrogen-bond donors (Lipinski definition) is 1. The van der Waals surface area contributed by atoms with Gasteiger partial charge in [0.2, 0.25) is 0 Å². The molecular formula is C25H28N2OS. The largest absolute Gasteiger partial charge is 0.322 e. The molecular weight excluding hydrogens is 376 g/mol. The van der Waals surface area contributed by atoms with Crippen LogP contribution in [-0.2, 0) is 12.8 Å². The molecule has 4 heteroatoms. The first-order chi connectivity index (χ1) is 14.0. The molecule has 1 aliphatic heterocycles. The van der Waals surface area contributed by atoms with Crippen molar-refractivity contribution in [1.29, 1.82) is 0 Å². The lowest BCUT2D eigenvalue weighted by molar-refractivity contribution is 0.195. The molecule has 0 unspecified atom stereocenters. The summed E-state index contributed by atoms with van der Waals surface area (Å²) >= 11 is 1.86. The van der Waals surface area contributed by atoms with Crippen LogP contribution in [0.5, 0.6) is 0 Å². The molecule has 4 rings (SSSR count). The second kappa shape index (κ2) is 8.03. The van der Waals surface area contributed by atoms with E-state index in [-0.39, 0.29) is 12.1 Å². The van der Waals surface area contributed by atoms with E-state index in [1.807, 2.05) is 34.4 Å². The highest BCUT2D eigenvalue weighted by Gasteiger charge is 2.35. The van der Waals surface area contributed by atoms with Gasteiger partial charge in [0.1, 0.15) is 0 Å². The summed E-state index contributed by atoms with van der Waals surface area (Å²) in [4.78, 5) is 18.1. The number of urea groups is 1. The van der Waals surface area contributed by atoms with E-state index in [9.17, 15) is 4.79 Å². The number of benzene rings is 2. The van der Waals surface area contributed by atoms with E-state index in [4.69, 9.17) is 0 Å². The van der Waals surface area contributed by atoms with Crippen LogP contribution < -0.4 is 5.32 Å². The molecule has 0 saturated carbocycles. The summed E-state index contributed by atoms with van der Waals surface area (Å²) < 4.78 is 0. The smallest absolute Gasteiger partial charge is 0.312 e. The van der Waals surface area contributed by atoms with Crippen LogP contribution in [0.3, 0.4) is 0 Å². The van der Waals surface area contributed by atoms with Gasteiger partial charge in [-0.05, 0) is 73.6 Å². The minimum atomic E-state index is -0.0325. The Morgan fingerprint density at radius 1 is 1.10 bits per heavy atom. The van der Waals surface area contributed by atoms with Crippen LogP contribution in [0.4, 0.5) is 10.5 Å². The van der Waals surface area contributed by atoms with Crippen LogP contribution >= 0.6 is 11.3 Å². The number of fused-ring (bicyclic) bond motifs is 1. The third kappa shape index (κ3) is 3.82. The molecule has 2 aromatic carbocycles. The number of nitrogens with zero attached hydrogens (tertiary/aromatic N) is 1. The summed E-state index contributed by atoms with van der Waals surface area (Å²) in [7, 11) is 0. The van der Waals surface area contributed by atoms with Gasteiger partial charge in [-0.25, -0.2) is 4.79 Å². The van der Waals surface area contributed by atoms with Crippen LogP contribution in [0.15, 0.2) is 48.5 Å². The number of hydrogen-bond acceptors (Lipinski definition) is 2. The zero-order chi connectivity index (χ0) is 20.5. The molecule has 1 atom stereocenters. The molecule has 0 radical (unpaired) electrons. The second-order valence-corrected chi connectivity index (χ2v) is 9.15. The van der Waals surface area contributed by atoms with Crippen LogP contribution in [0.2, 0.25) is 0 Å². The van der Waals surface area contributed by atoms with Crippen molar-refractivity contribution in [3.63, 3.8) is 0 Å². The lowest BCUT2D eigenvalue weighted by Crippen LogP contribution is -2.42. The fraction of sp³-hybridized carbons (Fsp3) is 0.320. The predicted octanol–water partition coefficient (Wildman–Crippen LogP) is 6.42. The molecule has 2 amide bonds. The Hall–Kier alpha value is -2.59. The number of anilines is 1. The van der Waals surface area contributed by atoms with Gasteiger partial charge in [-0.15, -0.1) is 11.3 Å². The summed E-state index contributed by atoms with van der Waals surface area (Å²) in [6, 6.07) is 16.5. The summed E-state index contributed by atoms with van der Waals surface area (Å²) in [5.74, 6) is 0. The lowest BCUT2D eigenvalue weighted by Gasteiger charge is -2.36. The Morgan fingerprint density at radius 2 is 1.79 bits per heavy atom. The molecule has 1 aromatic heterocycles. The quantitative estimate of drug-likeness (QED) is 0.537. The predicted molar refractivity (Wildman–Crippen MR) is 122 cm³/mol. The number of aryl methyl sites for hydroxylation is 3. The highest BCUT2D eigenvalue weighted by molar-refractivity contribution is 7.12. The van der Waals surface area contributed by atoms with Crippen molar-refractivity contribution in [3.05, 3.63) is 86.1 Å². The lowest BCUT2D eigenvalue weighted by atomic mass is 9.92. The Labute approximate surface area is 177 Å². The maximum atomic E-state index is 13.4. The highest BCUT2D eigenvalue weighted by Crippen LogP contribution is 2.43. The normalized spacial score (nSPS) is 15.9. The minimum absolute atomic E-state index is 0.0291. The van der Waals surface area contributed by atoms with Gasteiger partial charge in [0.25, 0.3) is 0 Å². The van der Waals surface area contributed by atoms with Crippen molar-refractivity contribution >= 4 is 23.1 Å². The Bertz CT molecular complexity index is 1020. The van der Waals surface area contributed by atoms with Crippen molar-refractivity contribution in [1.82, 2.24) is 4.90 Å². The molecule has 3 aromatic rings. The highest BCUT2D eigenvalue weighted by atomic mass is 32.1. The molecule has 29 heavy (non-hydrogen) atoms. The molecule has 0 aliphatic carbocycles. The average molecular weight is 405 g/mol. The molecule has 1 aliphatic rings. The summed E-state index contributed by atoms with van der Waals surface area (Å²) in [6.45, 7) is 9.29. The summed E-state index contributed by atoms with van der Waals surface area (Å²) in [5, 5.41) is 3.15. The van der Waals surface area contributed by atoms with Gasteiger partial charge in [0, 0.05) is 22.0 Å². The van der Waals surface area contributed by atoms with E-state index in [0.717, 1.165) is 36.2 Å². The minimum Gasteiger partial charge on any atom is -0.312 e. The maximum absolute atomic E-state index is 13.4. The first kappa shape index (κ1) is 19.7. The number of rotatable bonds is 3. The van der Waals surface area contributed by atoms with Crippen molar-refractivity contribution in [3.8, 4) is 0 Å². The molecule has 0 fully saturated rings. The van der Waals surface area contributed by atoms with Gasteiger partial charge >= 0.3 is 6.03 Å².